The van der Waals surface area contributed by atoms with Crippen LogP contribution < -0.4 is 16.4 Å². The van der Waals surface area contributed by atoms with E-state index in [1.54, 1.807) is 45.0 Å². The number of carbonyl (C=O) groups excluding carboxylic acids is 2. The third-order valence-corrected chi connectivity index (χ3v) is 8.28. The predicted molar refractivity (Wildman–Crippen MR) is 147 cm³/mol. The summed E-state index contributed by atoms with van der Waals surface area (Å²) in [6.07, 6.45) is 3.99. The van der Waals surface area contributed by atoms with Gasteiger partial charge in [0.2, 0.25) is 11.7 Å². The lowest BCUT2D eigenvalue weighted by atomic mass is 9.91. The maximum Gasteiger partial charge on any atom is 0.408 e. The van der Waals surface area contributed by atoms with Gasteiger partial charge in [0.25, 0.3) is 0 Å². The van der Waals surface area contributed by atoms with Crippen molar-refractivity contribution in [2.45, 2.75) is 57.6 Å². The van der Waals surface area contributed by atoms with E-state index in [0.29, 0.717) is 17.6 Å². The molecule has 13 nitrogen and oxygen atoms in total. The van der Waals surface area contributed by atoms with Crippen LogP contribution in [0.25, 0.3) is 11.4 Å². The molecule has 0 radical (unpaired) electrons. The average Bonchev–Trinajstić information content (AvgIpc) is 3.66. The van der Waals surface area contributed by atoms with E-state index < -0.39 is 39.1 Å². The highest BCUT2D eigenvalue weighted by atomic mass is 32.2. The number of nitrogens with zero attached hydrogens (tertiary/aromatic N) is 3. The first-order valence-corrected chi connectivity index (χ1v) is 14.6. The smallest absolute Gasteiger partial charge is 0.408 e. The van der Waals surface area contributed by atoms with Crippen LogP contribution in [0.2, 0.25) is 0 Å². The quantitative estimate of drug-likeness (QED) is 0.169. The standard InChI is InChI=1S/C27H30N6O7S/c1-27(2,3)39-26(35)30-19-13-41(37,38)25-20(21(19)34)17(11-18(12-29-25)22(28)32-36)10-14-4-6-15(7-5-14)23-31-24(40-33-23)16-8-9-16/h4-7,11-12,16,19,29,36H,8-10,13H2,1-3H3,(H2,28,32)(H,30,35)/t19-/m0/s1. The number of alkyl carbamates (subject to hydrolysis) is 1. The topological polar surface area (TPSA) is 199 Å². The number of carbonyl (C=O) groups is 2. The van der Waals surface area contributed by atoms with Gasteiger partial charge in [-0.05, 0) is 57.2 Å². The van der Waals surface area contributed by atoms with Gasteiger partial charge in [-0.2, -0.15) is 4.98 Å². The molecule has 0 spiro atoms. The minimum Gasteiger partial charge on any atom is -0.444 e. The molecule has 0 saturated heterocycles. The lowest BCUT2D eigenvalue weighted by molar-refractivity contribution is -0.117. The zero-order valence-electron chi connectivity index (χ0n) is 22.7. The Balaban J connectivity index is 1.48. The number of allylic oxidation sites excluding steroid dienone is 1. The average molecular weight is 583 g/mol. The summed E-state index contributed by atoms with van der Waals surface area (Å²) in [5.74, 6) is -0.175. The number of ketones is 1. The van der Waals surface area contributed by atoms with Crippen molar-refractivity contribution in [2.24, 2.45) is 10.9 Å². The van der Waals surface area contributed by atoms with Gasteiger partial charge in [0, 0.05) is 23.3 Å². The van der Waals surface area contributed by atoms with Gasteiger partial charge in [-0.25, -0.2) is 13.2 Å². The fourth-order valence-corrected chi connectivity index (χ4v) is 6.09. The van der Waals surface area contributed by atoms with Gasteiger partial charge in [0.05, 0.1) is 11.3 Å². The Kier molecular flexibility index (Phi) is 7.19. The number of Topliss-reactive ketones (excluding diaryl/α,β-unsaturated/α-hetero) is 1. The Labute approximate surface area is 236 Å². The third-order valence-electron chi connectivity index (χ3n) is 6.57. The summed E-state index contributed by atoms with van der Waals surface area (Å²) in [4.78, 5) is 30.6. The van der Waals surface area contributed by atoms with E-state index in [9.17, 15) is 23.2 Å². The second-order valence-corrected chi connectivity index (χ2v) is 13.0. The van der Waals surface area contributed by atoms with Crippen molar-refractivity contribution < 1.29 is 32.5 Å². The zero-order chi connectivity index (χ0) is 29.5. The van der Waals surface area contributed by atoms with Gasteiger partial charge in [-0.3, -0.25) is 4.79 Å². The van der Waals surface area contributed by atoms with Crippen molar-refractivity contribution in [3.8, 4) is 11.4 Å². The summed E-state index contributed by atoms with van der Waals surface area (Å²) in [7, 11) is -4.08. The molecular weight excluding hydrogens is 552 g/mol. The molecule has 1 fully saturated rings. The molecule has 1 aromatic heterocycles. The van der Waals surface area contributed by atoms with Crippen molar-refractivity contribution in [2.75, 3.05) is 5.75 Å². The largest absolute Gasteiger partial charge is 0.444 e. The molecule has 216 valence electrons. The molecule has 0 bridgehead atoms. The van der Waals surface area contributed by atoms with Crippen LogP contribution in [-0.2, 0) is 25.8 Å². The van der Waals surface area contributed by atoms with Crippen LogP contribution in [0.5, 0.6) is 0 Å². The van der Waals surface area contributed by atoms with E-state index in [-0.39, 0.29) is 34.0 Å². The fourth-order valence-electron chi connectivity index (χ4n) is 4.47. The Morgan fingerprint density at radius 3 is 2.61 bits per heavy atom. The highest BCUT2D eigenvalue weighted by Gasteiger charge is 2.42. The van der Waals surface area contributed by atoms with Crippen LogP contribution in [0.1, 0.15) is 51.0 Å². The van der Waals surface area contributed by atoms with Crippen molar-refractivity contribution >= 4 is 27.5 Å². The summed E-state index contributed by atoms with van der Waals surface area (Å²) in [5.41, 5.74) is 6.75. The number of rotatable bonds is 6. The van der Waals surface area contributed by atoms with Crippen LogP contribution in [0, 0.1) is 0 Å². The molecular formula is C27H30N6O7S. The first-order valence-electron chi connectivity index (χ1n) is 12.9. The molecule has 1 amide bonds. The number of amides is 1. The van der Waals surface area contributed by atoms with Gasteiger partial charge < -0.3 is 30.8 Å². The number of hydrogen-bond donors (Lipinski definition) is 4. The molecule has 5 N–H and O–H groups in total. The molecule has 5 rings (SSSR count). The van der Waals surface area contributed by atoms with Crippen LogP contribution in [0.3, 0.4) is 0 Å². The van der Waals surface area contributed by atoms with E-state index in [1.807, 2.05) is 0 Å². The van der Waals surface area contributed by atoms with Gasteiger partial charge in [-0.15, -0.1) is 0 Å². The summed E-state index contributed by atoms with van der Waals surface area (Å²) in [6.45, 7) is 4.96. The summed E-state index contributed by atoms with van der Waals surface area (Å²) < 4.78 is 37.3. The maximum absolute atomic E-state index is 13.7. The molecule has 2 aliphatic heterocycles. The Morgan fingerprint density at radius 1 is 1.27 bits per heavy atom. The molecule has 1 saturated carbocycles. The molecule has 41 heavy (non-hydrogen) atoms. The third kappa shape index (κ3) is 6.16. The molecule has 1 aliphatic carbocycles. The van der Waals surface area contributed by atoms with Crippen LogP contribution in [0.4, 0.5) is 4.79 Å². The summed E-state index contributed by atoms with van der Waals surface area (Å²) in [6, 6.07) is 5.81. The molecule has 0 unspecified atom stereocenters. The second kappa shape index (κ2) is 10.5. The van der Waals surface area contributed by atoms with E-state index in [0.717, 1.165) is 24.0 Å². The Bertz CT molecular complexity index is 1620. The highest BCUT2D eigenvalue weighted by molar-refractivity contribution is 7.95. The zero-order valence-corrected chi connectivity index (χ0v) is 23.5. The number of oxime groups is 1. The predicted octanol–water partition coefficient (Wildman–Crippen LogP) is 2.42. The summed E-state index contributed by atoms with van der Waals surface area (Å²) >= 11 is 0. The van der Waals surface area contributed by atoms with Crippen LogP contribution in [-0.4, -0.2) is 58.9 Å². The Hall–Kier alpha value is -4.46. The first-order chi connectivity index (χ1) is 19.3. The molecule has 2 aromatic rings. The molecule has 3 aliphatic rings. The number of aromatic nitrogens is 2. The van der Waals surface area contributed by atoms with E-state index in [2.05, 4.69) is 25.9 Å². The SMILES string of the molecule is CC(C)(C)OC(=O)N[C@H]1CS(=O)(=O)C2=C(C1=O)C(Cc1ccc(-c3noc(C4CC4)n3)cc1)=CC(C(N)=NO)=CN2. The van der Waals surface area contributed by atoms with Crippen molar-refractivity contribution in [3.63, 3.8) is 0 Å². The minimum absolute atomic E-state index is 0.108. The molecule has 14 heteroatoms. The Morgan fingerprint density at radius 2 is 1.98 bits per heavy atom. The lowest BCUT2D eigenvalue weighted by Crippen LogP contribution is -2.51. The van der Waals surface area contributed by atoms with Crippen molar-refractivity contribution in [1.82, 2.24) is 20.8 Å². The monoisotopic (exact) mass is 582 g/mol. The maximum atomic E-state index is 13.7. The number of nitrogens with two attached hydrogens (primary N) is 1. The number of hydrogen-bond acceptors (Lipinski definition) is 11. The molecule has 1 atom stereocenters. The van der Waals surface area contributed by atoms with Gasteiger partial charge in [-0.1, -0.05) is 34.6 Å². The van der Waals surface area contributed by atoms with Gasteiger partial charge in [0.1, 0.15) is 16.7 Å². The molecule has 1 aromatic carbocycles. The number of benzene rings is 1. The van der Waals surface area contributed by atoms with E-state index in [1.165, 1.54) is 12.3 Å². The van der Waals surface area contributed by atoms with Crippen molar-refractivity contribution in [3.05, 3.63) is 69.7 Å². The highest BCUT2D eigenvalue weighted by Crippen LogP contribution is 2.39. The first kappa shape index (κ1) is 28.1. The number of nitrogens with one attached hydrogen (secondary N) is 2. The summed E-state index contributed by atoms with van der Waals surface area (Å²) in [5, 5.41) is 21.1. The van der Waals surface area contributed by atoms with E-state index in [4.69, 9.17) is 15.0 Å². The van der Waals surface area contributed by atoms with Crippen LogP contribution in [0.15, 0.2) is 68.0 Å². The lowest BCUT2D eigenvalue weighted by Gasteiger charge is -2.28. The van der Waals surface area contributed by atoms with E-state index >= 15 is 0 Å². The van der Waals surface area contributed by atoms with Crippen LogP contribution >= 0.6 is 0 Å². The number of sulfone groups is 1. The number of amidine groups is 1. The minimum atomic E-state index is -4.08. The normalized spacial score (nSPS) is 20.8. The van der Waals surface area contributed by atoms with Crippen molar-refractivity contribution in [1.29, 1.82) is 0 Å². The van der Waals surface area contributed by atoms with Gasteiger partial charge in [0.15, 0.2) is 21.5 Å². The second-order valence-electron chi connectivity index (χ2n) is 11.1. The number of ether oxygens (including phenoxy) is 1. The molecule has 3 heterocycles. The van der Waals surface area contributed by atoms with Gasteiger partial charge >= 0.3 is 6.09 Å². The fraction of sp³-hybridized carbons (Fsp3) is 0.370.